The fraction of sp³-hybridized carbons (Fsp3) is 0.250. The highest BCUT2D eigenvalue weighted by Crippen LogP contribution is 2.30. The van der Waals surface area contributed by atoms with Crippen LogP contribution in [0.15, 0.2) is 57.5 Å². The average Bonchev–Trinajstić information content (AvgIpc) is 2.45. The van der Waals surface area contributed by atoms with E-state index >= 15 is 0 Å². The van der Waals surface area contributed by atoms with Gasteiger partial charge in [0.25, 0.3) is 0 Å². The maximum absolute atomic E-state index is 9.86. The lowest BCUT2D eigenvalue weighted by Gasteiger charge is -2.31. The predicted octanol–water partition coefficient (Wildman–Crippen LogP) is 3.68. The van der Waals surface area contributed by atoms with Crippen LogP contribution in [0.3, 0.4) is 0 Å². The maximum Gasteiger partial charge on any atom is 0.0553 e. The summed E-state index contributed by atoms with van der Waals surface area (Å²) in [6, 6.07) is 15.7. The van der Waals surface area contributed by atoms with Gasteiger partial charge in [-0.3, -0.25) is 0 Å². The van der Waals surface area contributed by atoms with Crippen LogP contribution in [0.1, 0.15) is 11.1 Å². The molecule has 0 aliphatic carbocycles. The van der Waals surface area contributed by atoms with Gasteiger partial charge in [-0.2, -0.15) is 0 Å². The molecule has 0 radical (unpaired) electrons. The summed E-state index contributed by atoms with van der Waals surface area (Å²) >= 11 is 6.89. The van der Waals surface area contributed by atoms with Gasteiger partial charge < -0.3 is 10.2 Å². The Bertz CT molecular complexity index is 580. The second kappa shape index (κ2) is 6.85. The van der Waals surface area contributed by atoms with E-state index in [1.807, 2.05) is 48.5 Å². The van der Waals surface area contributed by atoms with Crippen LogP contribution in [0.5, 0.6) is 0 Å². The third-order valence-electron chi connectivity index (χ3n) is 3.47. The number of hydrogen-bond donors (Lipinski definition) is 2. The van der Waals surface area contributed by atoms with Crippen molar-refractivity contribution in [2.45, 2.75) is 11.8 Å². The van der Waals surface area contributed by atoms with Crippen LogP contribution < -0.4 is 0 Å². The monoisotopic (exact) mass is 398 g/mol. The standard InChI is InChI=1S/C16H16Br2O2/c17-14-5-1-3-12(7-14)9-16(10-19,11-20)13-4-2-6-15(18)8-13/h1-8,19-20H,9-11H2. The molecule has 2 aromatic rings. The molecule has 2 nitrogen and oxygen atoms in total. The van der Waals surface area contributed by atoms with Crippen LogP contribution in [0.25, 0.3) is 0 Å². The van der Waals surface area contributed by atoms with Crippen molar-refractivity contribution in [2.24, 2.45) is 0 Å². The molecule has 0 spiro atoms. The highest BCUT2D eigenvalue weighted by Gasteiger charge is 2.31. The molecule has 2 rings (SSSR count). The zero-order chi connectivity index (χ0) is 14.6. The number of benzene rings is 2. The van der Waals surface area contributed by atoms with Gasteiger partial charge in [-0.15, -0.1) is 0 Å². The van der Waals surface area contributed by atoms with Crippen LogP contribution in [0.4, 0.5) is 0 Å². The first-order valence-corrected chi connectivity index (χ1v) is 7.90. The Morgan fingerprint density at radius 2 is 1.45 bits per heavy atom. The van der Waals surface area contributed by atoms with Crippen LogP contribution in [0, 0.1) is 0 Å². The summed E-state index contributed by atoms with van der Waals surface area (Å²) in [7, 11) is 0. The first-order valence-electron chi connectivity index (χ1n) is 6.32. The largest absolute Gasteiger partial charge is 0.395 e. The van der Waals surface area contributed by atoms with Gasteiger partial charge in [-0.1, -0.05) is 56.1 Å². The van der Waals surface area contributed by atoms with Crippen molar-refractivity contribution >= 4 is 31.9 Å². The van der Waals surface area contributed by atoms with Crippen molar-refractivity contribution in [1.82, 2.24) is 0 Å². The lowest BCUT2D eigenvalue weighted by Crippen LogP contribution is -2.37. The third kappa shape index (κ3) is 3.50. The second-order valence-electron chi connectivity index (χ2n) is 4.91. The van der Waals surface area contributed by atoms with Gasteiger partial charge in [-0.25, -0.2) is 0 Å². The normalized spacial score (nSPS) is 11.6. The zero-order valence-electron chi connectivity index (χ0n) is 10.9. The first-order chi connectivity index (χ1) is 9.59. The molecule has 0 saturated heterocycles. The molecule has 0 fully saturated rings. The molecule has 0 saturated carbocycles. The molecule has 0 atom stereocenters. The van der Waals surface area contributed by atoms with Gasteiger partial charge in [0, 0.05) is 14.4 Å². The molecule has 106 valence electrons. The van der Waals surface area contributed by atoms with Gasteiger partial charge in [-0.05, 0) is 41.8 Å². The van der Waals surface area contributed by atoms with Crippen molar-refractivity contribution < 1.29 is 10.2 Å². The van der Waals surface area contributed by atoms with Crippen molar-refractivity contribution in [2.75, 3.05) is 13.2 Å². The molecule has 2 N–H and O–H groups in total. The minimum absolute atomic E-state index is 0.105. The van der Waals surface area contributed by atoms with Crippen LogP contribution in [0.2, 0.25) is 0 Å². The minimum Gasteiger partial charge on any atom is -0.395 e. The number of aliphatic hydroxyl groups is 2. The fourth-order valence-corrected chi connectivity index (χ4v) is 3.15. The Morgan fingerprint density at radius 3 is 2.00 bits per heavy atom. The van der Waals surface area contributed by atoms with Gasteiger partial charge in [0.1, 0.15) is 0 Å². The topological polar surface area (TPSA) is 40.5 Å². The number of halogens is 2. The highest BCUT2D eigenvalue weighted by atomic mass is 79.9. The molecule has 4 heteroatoms. The Labute approximate surface area is 135 Å². The quantitative estimate of drug-likeness (QED) is 0.805. The zero-order valence-corrected chi connectivity index (χ0v) is 14.1. The highest BCUT2D eigenvalue weighted by molar-refractivity contribution is 9.10. The van der Waals surface area contributed by atoms with Gasteiger partial charge >= 0.3 is 0 Å². The molecule has 2 aromatic carbocycles. The summed E-state index contributed by atoms with van der Waals surface area (Å²) in [6.07, 6.45) is 0.579. The van der Waals surface area contributed by atoms with Gasteiger partial charge in [0.05, 0.1) is 13.2 Å². The summed E-state index contributed by atoms with van der Waals surface area (Å²) in [5, 5.41) is 19.7. The van der Waals surface area contributed by atoms with Crippen LogP contribution >= 0.6 is 31.9 Å². The van der Waals surface area contributed by atoms with E-state index in [0.717, 1.165) is 20.1 Å². The Hall–Kier alpha value is -0.680. The summed E-state index contributed by atoms with van der Waals surface area (Å²) in [6.45, 7) is -0.209. The van der Waals surface area contributed by atoms with E-state index < -0.39 is 5.41 Å². The molecular weight excluding hydrogens is 384 g/mol. The Morgan fingerprint density at radius 1 is 0.850 bits per heavy atom. The summed E-state index contributed by atoms with van der Waals surface area (Å²) in [5.74, 6) is 0. The molecule has 0 amide bonds. The van der Waals surface area contributed by atoms with Crippen LogP contribution in [-0.2, 0) is 11.8 Å². The SMILES string of the molecule is OCC(CO)(Cc1cccc(Br)c1)c1cccc(Br)c1. The van der Waals surface area contributed by atoms with E-state index in [9.17, 15) is 10.2 Å². The molecule has 0 unspecified atom stereocenters. The predicted molar refractivity (Wildman–Crippen MR) is 87.8 cm³/mol. The number of hydrogen-bond acceptors (Lipinski definition) is 2. The van der Waals surface area contributed by atoms with Crippen molar-refractivity contribution in [1.29, 1.82) is 0 Å². The van der Waals surface area contributed by atoms with E-state index in [2.05, 4.69) is 31.9 Å². The molecule has 0 aliphatic rings. The van der Waals surface area contributed by atoms with E-state index in [1.165, 1.54) is 0 Å². The van der Waals surface area contributed by atoms with E-state index in [4.69, 9.17) is 0 Å². The van der Waals surface area contributed by atoms with E-state index in [0.29, 0.717) is 6.42 Å². The lowest BCUT2D eigenvalue weighted by molar-refractivity contribution is 0.116. The summed E-state index contributed by atoms with van der Waals surface area (Å²) in [4.78, 5) is 0. The minimum atomic E-state index is -0.676. The smallest absolute Gasteiger partial charge is 0.0553 e. The Balaban J connectivity index is 2.39. The first kappa shape index (κ1) is 15.7. The fourth-order valence-electron chi connectivity index (χ4n) is 2.30. The average molecular weight is 400 g/mol. The Kier molecular flexibility index (Phi) is 5.38. The molecule has 20 heavy (non-hydrogen) atoms. The molecule has 0 bridgehead atoms. The van der Waals surface area contributed by atoms with Gasteiger partial charge in [0.15, 0.2) is 0 Å². The lowest BCUT2D eigenvalue weighted by atomic mass is 9.77. The van der Waals surface area contributed by atoms with Gasteiger partial charge in [0.2, 0.25) is 0 Å². The van der Waals surface area contributed by atoms with Crippen molar-refractivity contribution in [3.8, 4) is 0 Å². The number of rotatable bonds is 5. The third-order valence-corrected chi connectivity index (χ3v) is 4.46. The molecule has 0 aliphatic heterocycles. The summed E-state index contributed by atoms with van der Waals surface area (Å²) in [5.41, 5.74) is 1.32. The van der Waals surface area contributed by atoms with Crippen LogP contribution in [-0.4, -0.2) is 23.4 Å². The van der Waals surface area contributed by atoms with Crippen molar-refractivity contribution in [3.05, 3.63) is 68.6 Å². The second-order valence-corrected chi connectivity index (χ2v) is 6.74. The summed E-state index contributed by atoms with van der Waals surface area (Å²) < 4.78 is 1.93. The molecular formula is C16H16Br2O2. The molecule has 0 heterocycles. The van der Waals surface area contributed by atoms with E-state index in [-0.39, 0.29) is 13.2 Å². The van der Waals surface area contributed by atoms with Crippen molar-refractivity contribution in [3.63, 3.8) is 0 Å². The molecule has 0 aromatic heterocycles. The maximum atomic E-state index is 9.86. The van der Waals surface area contributed by atoms with E-state index in [1.54, 1.807) is 0 Å². The number of aliphatic hydroxyl groups excluding tert-OH is 2.